The lowest BCUT2D eigenvalue weighted by molar-refractivity contribution is 0.0787. The average Bonchev–Trinajstić information content (AvgIpc) is 2.92. The van der Waals surface area contributed by atoms with Crippen LogP contribution in [0.15, 0.2) is 22.3 Å². The maximum absolute atomic E-state index is 11.9. The number of hydrogen-bond acceptors (Lipinski definition) is 6. The van der Waals surface area contributed by atoms with Gasteiger partial charge in [-0.3, -0.25) is 9.78 Å². The minimum Gasteiger partial charge on any atom is -0.379 e. The predicted octanol–water partition coefficient (Wildman–Crippen LogP) is 2.12. The molecule has 0 atom stereocenters. The van der Waals surface area contributed by atoms with Gasteiger partial charge in [0, 0.05) is 13.2 Å². The van der Waals surface area contributed by atoms with Gasteiger partial charge in [0.2, 0.25) is 5.95 Å². The normalized spacial score (nSPS) is 10.9. The van der Waals surface area contributed by atoms with Gasteiger partial charge in [0.1, 0.15) is 0 Å². The van der Waals surface area contributed by atoms with Crippen molar-refractivity contribution in [3.63, 3.8) is 0 Å². The zero-order chi connectivity index (χ0) is 14.4. The average molecular weight is 294 g/mol. The summed E-state index contributed by atoms with van der Waals surface area (Å²) >= 11 is 1.46. The zero-order valence-electron chi connectivity index (χ0n) is 11.5. The Labute approximate surface area is 121 Å². The number of rotatable bonds is 7. The molecule has 2 heterocycles. The molecule has 20 heavy (non-hydrogen) atoms. The van der Waals surface area contributed by atoms with Gasteiger partial charge < -0.3 is 10.1 Å². The largest absolute Gasteiger partial charge is 0.379 e. The van der Waals surface area contributed by atoms with Crippen LogP contribution in [-0.4, -0.2) is 34.4 Å². The summed E-state index contributed by atoms with van der Waals surface area (Å²) in [5, 5.41) is 12.9. The molecule has 0 aliphatic carbocycles. The Morgan fingerprint density at radius 2 is 2.30 bits per heavy atom. The number of nitrogens with zero attached hydrogens (tertiary/aromatic N) is 2. The number of nitrogens with one attached hydrogen (secondary N) is 2. The second kappa shape index (κ2) is 7.16. The molecule has 0 unspecified atom stereocenters. The summed E-state index contributed by atoms with van der Waals surface area (Å²) in [6.07, 6.45) is 1.08. The molecule has 2 aromatic rings. The highest BCUT2D eigenvalue weighted by molar-refractivity contribution is 7.13. The second-order valence-electron chi connectivity index (χ2n) is 4.53. The van der Waals surface area contributed by atoms with Crippen molar-refractivity contribution in [2.24, 2.45) is 0 Å². The highest BCUT2D eigenvalue weighted by atomic mass is 32.1. The Morgan fingerprint density at radius 1 is 1.45 bits per heavy atom. The van der Waals surface area contributed by atoms with Crippen molar-refractivity contribution < 1.29 is 4.74 Å². The summed E-state index contributed by atoms with van der Waals surface area (Å²) in [5.74, 6) is 0.389. The molecular formula is C13H18N4O2S. The van der Waals surface area contributed by atoms with Crippen molar-refractivity contribution in [3.8, 4) is 10.6 Å². The zero-order valence-corrected chi connectivity index (χ0v) is 12.4. The van der Waals surface area contributed by atoms with Crippen LogP contribution in [-0.2, 0) is 4.74 Å². The third kappa shape index (κ3) is 4.14. The summed E-state index contributed by atoms with van der Waals surface area (Å²) in [7, 11) is 0. The quantitative estimate of drug-likeness (QED) is 0.765. The third-order valence-electron chi connectivity index (χ3n) is 2.52. The monoisotopic (exact) mass is 294 g/mol. The summed E-state index contributed by atoms with van der Waals surface area (Å²) < 4.78 is 5.42. The molecule has 0 fully saturated rings. The van der Waals surface area contributed by atoms with Gasteiger partial charge in [-0.15, -0.1) is 21.5 Å². The Morgan fingerprint density at radius 3 is 2.95 bits per heavy atom. The number of ether oxygens (including phenoxy) is 1. The lowest BCUT2D eigenvalue weighted by Crippen LogP contribution is -2.18. The Bertz CT molecular complexity index is 580. The molecule has 0 aliphatic heterocycles. The van der Waals surface area contributed by atoms with Gasteiger partial charge >= 0.3 is 0 Å². The van der Waals surface area contributed by atoms with Gasteiger partial charge in [-0.05, 0) is 31.7 Å². The highest BCUT2D eigenvalue weighted by Gasteiger charge is 2.07. The molecule has 0 radical (unpaired) electrons. The van der Waals surface area contributed by atoms with Gasteiger partial charge in [0.15, 0.2) is 5.69 Å². The number of hydrogen-bond donors (Lipinski definition) is 2. The van der Waals surface area contributed by atoms with Crippen molar-refractivity contribution in [1.82, 2.24) is 15.2 Å². The van der Waals surface area contributed by atoms with Crippen LogP contribution in [0, 0.1) is 0 Å². The molecule has 2 aromatic heterocycles. The van der Waals surface area contributed by atoms with Crippen molar-refractivity contribution in [2.45, 2.75) is 26.4 Å². The van der Waals surface area contributed by atoms with E-state index in [0.29, 0.717) is 24.8 Å². The summed E-state index contributed by atoms with van der Waals surface area (Å²) in [4.78, 5) is 15.4. The third-order valence-corrected chi connectivity index (χ3v) is 3.39. The molecule has 0 spiro atoms. The number of anilines is 1. The van der Waals surface area contributed by atoms with E-state index in [1.807, 2.05) is 31.4 Å². The number of aromatic amines is 1. The van der Waals surface area contributed by atoms with Crippen LogP contribution in [0.25, 0.3) is 10.6 Å². The van der Waals surface area contributed by atoms with E-state index >= 15 is 0 Å². The predicted molar refractivity (Wildman–Crippen MR) is 80.2 cm³/mol. The molecule has 0 bridgehead atoms. The van der Waals surface area contributed by atoms with E-state index in [1.165, 1.54) is 11.3 Å². The van der Waals surface area contributed by atoms with E-state index in [-0.39, 0.29) is 11.7 Å². The summed E-state index contributed by atoms with van der Waals surface area (Å²) in [6, 6.07) is 3.72. The minimum atomic E-state index is -0.233. The second-order valence-corrected chi connectivity index (χ2v) is 5.48. The topological polar surface area (TPSA) is 79.9 Å². The molecule has 0 saturated carbocycles. The first-order chi connectivity index (χ1) is 9.66. The maximum Gasteiger partial charge on any atom is 0.279 e. The van der Waals surface area contributed by atoms with Crippen LogP contribution in [0.5, 0.6) is 0 Å². The molecule has 2 N–H and O–H groups in total. The van der Waals surface area contributed by atoms with E-state index in [0.717, 1.165) is 11.3 Å². The standard InChI is InChI=1S/C13H18N4O2S/c1-9(2)19-7-4-6-14-13-15-12(18)11(16-17-13)10-5-3-8-20-10/h3,5,8-9H,4,6-7H2,1-2H3,(H2,14,15,17,18). The van der Waals surface area contributed by atoms with Gasteiger partial charge in [-0.1, -0.05) is 6.07 Å². The molecule has 0 aliphatic rings. The lowest BCUT2D eigenvalue weighted by Gasteiger charge is -2.08. The van der Waals surface area contributed by atoms with Crippen molar-refractivity contribution in [2.75, 3.05) is 18.5 Å². The van der Waals surface area contributed by atoms with Crippen LogP contribution in [0.4, 0.5) is 5.95 Å². The fourth-order valence-electron chi connectivity index (χ4n) is 1.59. The van der Waals surface area contributed by atoms with Crippen molar-refractivity contribution in [3.05, 3.63) is 27.9 Å². The van der Waals surface area contributed by atoms with Crippen LogP contribution < -0.4 is 10.9 Å². The Kier molecular flexibility index (Phi) is 5.25. The summed E-state index contributed by atoms with van der Waals surface area (Å²) in [5.41, 5.74) is 0.122. The van der Waals surface area contributed by atoms with E-state index in [9.17, 15) is 4.79 Å². The van der Waals surface area contributed by atoms with Gasteiger partial charge in [-0.2, -0.15) is 0 Å². The fraction of sp³-hybridized carbons (Fsp3) is 0.462. The SMILES string of the molecule is CC(C)OCCCNc1nnc(-c2cccs2)c(=O)[nH]1. The Hall–Kier alpha value is -1.73. The molecule has 2 rings (SSSR count). The van der Waals surface area contributed by atoms with Crippen LogP contribution in [0.1, 0.15) is 20.3 Å². The van der Waals surface area contributed by atoms with Crippen LogP contribution >= 0.6 is 11.3 Å². The molecule has 108 valence electrons. The molecule has 6 nitrogen and oxygen atoms in total. The lowest BCUT2D eigenvalue weighted by atomic mass is 10.4. The van der Waals surface area contributed by atoms with Gasteiger partial charge in [0.25, 0.3) is 5.56 Å². The maximum atomic E-state index is 11.9. The van der Waals surface area contributed by atoms with Gasteiger partial charge in [-0.25, -0.2) is 0 Å². The molecule has 0 saturated heterocycles. The minimum absolute atomic E-state index is 0.233. The van der Waals surface area contributed by atoms with E-state index < -0.39 is 0 Å². The fourth-order valence-corrected chi connectivity index (χ4v) is 2.30. The molecular weight excluding hydrogens is 276 g/mol. The number of aromatic nitrogens is 3. The van der Waals surface area contributed by atoms with Crippen LogP contribution in [0.2, 0.25) is 0 Å². The first-order valence-electron chi connectivity index (χ1n) is 6.53. The van der Waals surface area contributed by atoms with E-state index in [2.05, 4.69) is 20.5 Å². The van der Waals surface area contributed by atoms with E-state index in [1.54, 1.807) is 0 Å². The van der Waals surface area contributed by atoms with Crippen molar-refractivity contribution >= 4 is 17.3 Å². The number of thiophene rings is 1. The van der Waals surface area contributed by atoms with Gasteiger partial charge in [0.05, 0.1) is 11.0 Å². The smallest absolute Gasteiger partial charge is 0.279 e. The summed E-state index contributed by atoms with van der Waals surface area (Å²) in [6.45, 7) is 5.35. The van der Waals surface area contributed by atoms with E-state index in [4.69, 9.17) is 4.74 Å². The molecule has 0 amide bonds. The molecule has 0 aromatic carbocycles. The first-order valence-corrected chi connectivity index (χ1v) is 7.41. The number of H-pyrrole nitrogens is 1. The first kappa shape index (κ1) is 14.7. The van der Waals surface area contributed by atoms with Crippen molar-refractivity contribution in [1.29, 1.82) is 0 Å². The Balaban J connectivity index is 1.88. The van der Waals surface area contributed by atoms with Crippen LogP contribution in [0.3, 0.4) is 0 Å². The highest BCUT2D eigenvalue weighted by Crippen LogP contribution is 2.18. The molecule has 7 heteroatoms.